The van der Waals surface area contributed by atoms with Gasteiger partial charge in [0, 0.05) is 31.7 Å². The number of hydrogen-bond acceptors (Lipinski definition) is 14. The number of aliphatic hydroxyl groups excluding tert-OH is 3. The van der Waals surface area contributed by atoms with Crippen LogP contribution in [0.3, 0.4) is 0 Å². The molecule has 0 aliphatic carbocycles. The maximum atomic E-state index is 12.7. The van der Waals surface area contributed by atoms with Crippen molar-refractivity contribution in [1.82, 2.24) is 10.2 Å². The van der Waals surface area contributed by atoms with Gasteiger partial charge in [0.05, 0.1) is 24.8 Å². The second-order valence-electron chi connectivity index (χ2n) is 12.5. The number of amides is 4. The summed E-state index contributed by atoms with van der Waals surface area (Å²) in [4.78, 5) is 72.9. The van der Waals surface area contributed by atoms with E-state index in [0.717, 1.165) is 4.90 Å². The van der Waals surface area contributed by atoms with Crippen molar-refractivity contribution in [3.05, 3.63) is 35.9 Å². The van der Waals surface area contributed by atoms with Gasteiger partial charge in [-0.1, -0.05) is 33.3 Å². The van der Waals surface area contributed by atoms with Crippen LogP contribution in [0.2, 0.25) is 0 Å². The Kier molecular flexibility index (Phi) is 16.4. The maximum absolute atomic E-state index is 12.7. The van der Waals surface area contributed by atoms with Crippen molar-refractivity contribution in [3.8, 4) is 5.75 Å². The van der Waals surface area contributed by atoms with Gasteiger partial charge in [-0.05, 0) is 36.5 Å². The molecule has 52 heavy (non-hydrogen) atoms. The number of carbonyl (C=O) groups excluding carboxylic acids is 5. The third-order valence-corrected chi connectivity index (χ3v) is 8.31. The summed E-state index contributed by atoms with van der Waals surface area (Å²) in [5, 5.41) is 44.4. The van der Waals surface area contributed by atoms with E-state index in [1.54, 1.807) is 13.0 Å². The molecule has 0 bridgehead atoms. The van der Waals surface area contributed by atoms with E-state index in [1.165, 1.54) is 24.3 Å². The number of carboxylic acids is 1. The molecule has 0 radical (unpaired) electrons. The highest BCUT2D eigenvalue weighted by Gasteiger charge is 2.48. The van der Waals surface area contributed by atoms with Crippen LogP contribution in [0.5, 0.6) is 5.75 Å². The van der Waals surface area contributed by atoms with Gasteiger partial charge in [-0.25, -0.2) is 9.59 Å². The van der Waals surface area contributed by atoms with Crippen molar-refractivity contribution < 1.29 is 72.9 Å². The number of rotatable bonds is 20. The highest BCUT2D eigenvalue weighted by Crippen LogP contribution is 2.28. The molecule has 2 aliphatic heterocycles. The van der Waals surface area contributed by atoms with Gasteiger partial charge in [0.2, 0.25) is 12.2 Å². The number of nitrogens with zero attached hydrogens (tertiary/aromatic N) is 1. The number of aliphatic hydroxyl groups is 3. The van der Waals surface area contributed by atoms with Gasteiger partial charge in [-0.2, -0.15) is 0 Å². The van der Waals surface area contributed by atoms with E-state index < -0.39 is 48.7 Å². The minimum absolute atomic E-state index is 0.0162. The third-order valence-electron chi connectivity index (χ3n) is 8.31. The molecule has 2 heterocycles. The molecule has 6 N–H and O–H groups in total. The number of carbonyl (C=O) groups is 6. The van der Waals surface area contributed by atoms with Gasteiger partial charge in [0.25, 0.3) is 11.8 Å². The third kappa shape index (κ3) is 12.6. The Hall–Kier alpha value is -4.62. The van der Waals surface area contributed by atoms with Crippen molar-refractivity contribution >= 4 is 41.4 Å². The molecule has 0 aromatic heterocycles. The molecule has 1 aromatic rings. The Labute approximate surface area is 300 Å². The summed E-state index contributed by atoms with van der Waals surface area (Å²) in [5.41, 5.74) is 0.586. The van der Waals surface area contributed by atoms with E-state index in [-0.39, 0.29) is 80.4 Å². The number of ether oxygens (including phenoxy) is 5. The molecular weight excluding hydrogens is 690 g/mol. The van der Waals surface area contributed by atoms with Crippen LogP contribution in [0.25, 0.3) is 0 Å². The number of esters is 1. The number of carboxylic acid groups (broad SMARTS) is 1. The van der Waals surface area contributed by atoms with Crippen molar-refractivity contribution in [2.24, 2.45) is 11.8 Å². The number of imide groups is 1. The molecule has 0 spiro atoms. The second-order valence-corrected chi connectivity index (χ2v) is 12.5. The standard InChI is InChI=1S/C34H47N3O15/c1-19(2)20(3)32(46)50-18-21-8-9-22(36-34(47)52-33-29(43)27(41)28(42)30(51-33)31(44)45)23(17-21)49-16-15-48-14-12-35-24(38)7-5-4-6-13-37-25(39)10-11-26(37)40/h8-11,17,19-20,27-30,33,41-43H,4-7,12-16,18H2,1-3H3,(H,35,38)(H,36,47)(H,44,45)/t20?,27-,28-,29+,30-,33-/m0/s1. The molecule has 6 atom stereocenters. The largest absolute Gasteiger partial charge is 0.489 e. The first-order chi connectivity index (χ1) is 24.7. The number of benzene rings is 1. The smallest absolute Gasteiger partial charge is 0.414 e. The number of nitrogens with one attached hydrogen (secondary N) is 2. The highest BCUT2D eigenvalue weighted by atomic mass is 16.7. The number of anilines is 1. The van der Waals surface area contributed by atoms with Gasteiger partial charge in [0.1, 0.15) is 37.3 Å². The summed E-state index contributed by atoms with van der Waals surface area (Å²) >= 11 is 0. The zero-order valence-corrected chi connectivity index (χ0v) is 29.2. The first-order valence-electron chi connectivity index (χ1n) is 16.9. The minimum atomic E-state index is -1.98. The SMILES string of the molecule is CC(C)C(C)C(=O)OCc1ccc(NC(=O)O[C@@H]2O[C@H](C(=O)O)[C@@H](O)[C@H](O)[C@H]2O)c(OCCOCCNC(=O)CCCCCN2C(=O)C=CC2=O)c1. The van der Waals surface area contributed by atoms with Gasteiger partial charge >= 0.3 is 18.0 Å². The maximum Gasteiger partial charge on any atom is 0.414 e. The Balaban J connectivity index is 1.47. The molecule has 4 amide bonds. The molecule has 1 saturated heterocycles. The lowest BCUT2D eigenvalue weighted by Gasteiger charge is -2.37. The molecule has 3 rings (SSSR count). The van der Waals surface area contributed by atoms with Gasteiger partial charge in [-0.15, -0.1) is 0 Å². The summed E-state index contributed by atoms with van der Waals surface area (Å²) in [7, 11) is 0. The molecule has 18 heteroatoms. The quantitative estimate of drug-likeness (QED) is 0.0604. The average molecular weight is 738 g/mol. The van der Waals surface area contributed by atoms with Crippen LogP contribution in [0.15, 0.2) is 30.4 Å². The van der Waals surface area contributed by atoms with E-state index >= 15 is 0 Å². The molecule has 2 aliphatic rings. The first kappa shape index (κ1) is 41.8. The summed E-state index contributed by atoms with van der Waals surface area (Å²) in [5.74, 6) is -3.04. The lowest BCUT2D eigenvalue weighted by molar-refractivity contribution is -0.277. The second kappa shape index (κ2) is 20.4. The zero-order valence-electron chi connectivity index (χ0n) is 29.2. The van der Waals surface area contributed by atoms with Crippen LogP contribution in [-0.2, 0) is 49.5 Å². The molecule has 1 unspecified atom stereocenters. The first-order valence-corrected chi connectivity index (χ1v) is 16.9. The van der Waals surface area contributed by atoms with E-state index in [0.29, 0.717) is 31.4 Å². The van der Waals surface area contributed by atoms with Crippen LogP contribution in [-0.4, -0.2) is 125 Å². The van der Waals surface area contributed by atoms with Crippen LogP contribution in [0, 0.1) is 11.8 Å². The van der Waals surface area contributed by atoms with Crippen LogP contribution in [0.1, 0.15) is 52.0 Å². The average Bonchev–Trinajstić information content (AvgIpc) is 3.42. The molecule has 0 saturated carbocycles. The molecule has 18 nitrogen and oxygen atoms in total. The monoisotopic (exact) mass is 737 g/mol. The minimum Gasteiger partial charge on any atom is -0.489 e. The summed E-state index contributed by atoms with van der Waals surface area (Å²) in [6, 6.07) is 4.49. The summed E-state index contributed by atoms with van der Waals surface area (Å²) in [6.07, 6.45) is -6.43. The molecular formula is C34H47N3O15. The predicted octanol–water partition coefficient (Wildman–Crippen LogP) is 0.460. The van der Waals surface area contributed by atoms with Gasteiger partial charge < -0.3 is 49.4 Å². The Morgan fingerprint density at radius 2 is 1.63 bits per heavy atom. The molecule has 1 aromatic carbocycles. The van der Waals surface area contributed by atoms with Crippen molar-refractivity contribution in [1.29, 1.82) is 0 Å². The molecule has 1 fully saturated rings. The highest BCUT2D eigenvalue weighted by molar-refractivity contribution is 6.12. The molecule has 288 valence electrons. The van der Waals surface area contributed by atoms with Crippen LogP contribution >= 0.6 is 0 Å². The van der Waals surface area contributed by atoms with Gasteiger partial charge in [-0.3, -0.25) is 29.4 Å². The summed E-state index contributed by atoms with van der Waals surface area (Å²) in [6.45, 7) is 6.22. The number of hydrogen-bond donors (Lipinski definition) is 6. The predicted molar refractivity (Wildman–Crippen MR) is 178 cm³/mol. The fourth-order valence-corrected chi connectivity index (χ4v) is 4.88. The zero-order chi connectivity index (χ0) is 38.4. The van der Waals surface area contributed by atoms with E-state index in [9.17, 15) is 49.2 Å². The van der Waals surface area contributed by atoms with Crippen LogP contribution in [0.4, 0.5) is 10.5 Å². The van der Waals surface area contributed by atoms with E-state index in [4.69, 9.17) is 23.7 Å². The van der Waals surface area contributed by atoms with Crippen molar-refractivity contribution in [2.45, 2.75) is 83.8 Å². The Morgan fingerprint density at radius 3 is 2.31 bits per heavy atom. The normalized spacial score (nSPS) is 21.9. The number of unbranched alkanes of at least 4 members (excludes halogenated alkanes) is 2. The Morgan fingerprint density at radius 1 is 0.923 bits per heavy atom. The van der Waals surface area contributed by atoms with Gasteiger partial charge in [0.15, 0.2) is 6.10 Å². The fraction of sp³-hybridized carbons (Fsp3) is 0.588. The van der Waals surface area contributed by atoms with E-state index in [2.05, 4.69) is 10.6 Å². The fourth-order valence-electron chi connectivity index (χ4n) is 4.88. The lowest BCUT2D eigenvalue weighted by atomic mass is 9.99. The number of aliphatic carboxylic acids is 1. The Bertz CT molecular complexity index is 1430. The summed E-state index contributed by atoms with van der Waals surface area (Å²) < 4.78 is 26.7. The van der Waals surface area contributed by atoms with Crippen molar-refractivity contribution in [2.75, 3.05) is 38.2 Å². The van der Waals surface area contributed by atoms with Crippen molar-refractivity contribution in [3.63, 3.8) is 0 Å². The topological polar surface area (TPSA) is 257 Å². The van der Waals surface area contributed by atoms with Crippen LogP contribution < -0.4 is 15.4 Å². The lowest BCUT2D eigenvalue weighted by Crippen LogP contribution is -2.60. The van der Waals surface area contributed by atoms with E-state index in [1.807, 2.05) is 13.8 Å².